The normalized spacial score (nSPS) is 16.0. The second-order valence-corrected chi connectivity index (χ2v) is 0.882. The van der Waals surface area contributed by atoms with E-state index in [1.807, 2.05) is 0 Å². The van der Waals surface area contributed by atoms with Crippen LogP contribution in [-0.4, -0.2) is 19.6 Å². The largest absolute Gasteiger partial charge is 0.482 e. The van der Waals surface area contributed by atoms with Gasteiger partial charge in [0.05, 0.1) is 6.54 Å². The Morgan fingerprint density at radius 1 is 1.67 bits per heavy atom. The zero-order valence-corrected chi connectivity index (χ0v) is 4.09. The molecule has 0 saturated carbocycles. The molecule has 0 fully saturated rings. The summed E-state index contributed by atoms with van der Waals surface area (Å²) in [6.45, 7) is 1.62. The average molecular weight is 135 g/mol. The molecular weight excluding hydrogens is 130 g/mol. The molecule has 3 heteroatoms. The van der Waals surface area contributed by atoms with Gasteiger partial charge in [-0.3, -0.25) is 4.99 Å². The molecule has 0 unspecified atom stereocenters. The molecule has 0 saturated heterocycles. The number of rotatable bonds is 0. The zero-order valence-electron chi connectivity index (χ0n) is 3.15. The van der Waals surface area contributed by atoms with E-state index in [0.717, 1.165) is 13.2 Å². The first-order chi connectivity index (χ1) is 2.50. The Balaban J connectivity index is 0.000000250. The maximum atomic E-state index is 4.65. The van der Waals surface area contributed by atoms with E-state index in [2.05, 4.69) is 9.73 Å². The Hall–Kier alpha value is -0.0105. The summed E-state index contributed by atoms with van der Waals surface area (Å²) in [5.74, 6) is 0. The predicted molar refractivity (Wildman–Crippen MR) is 19.3 cm³/mol. The molecular formula is C3H5CuNO. The van der Waals surface area contributed by atoms with Crippen molar-refractivity contribution in [2.24, 2.45) is 4.99 Å². The molecule has 0 aromatic heterocycles. The van der Waals surface area contributed by atoms with Gasteiger partial charge in [-0.05, 0) is 0 Å². The molecule has 0 amide bonds. The van der Waals surface area contributed by atoms with E-state index in [0.29, 0.717) is 0 Å². The van der Waals surface area contributed by atoms with E-state index >= 15 is 0 Å². The molecule has 0 spiro atoms. The number of hydrogen-bond acceptors (Lipinski definition) is 2. The summed E-state index contributed by atoms with van der Waals surface area (Å²) in [4.78, 5) is 3.74. The van der Waals surface area contributed by atoms with Crippen molar-refractivity contribution in [1.29, 1.82) is 0 Å². The summed E-state index contributed by atoms with van der Waals surface area (Å²) in [7, 11) is 0. The number of aliphatic imine (C=N–C) groups is 1. The van der Waals surface area contributed by atoms with Gasteiger partial charge >= 0.3 is 0 Å². The third kappa shape index (κ3) is 1.43. The van der Waals surface area contributed by atoms with Gasteiger partial charge in [-0.15, -0.1) is 0 Å². The van der Waals surface area contributed by atoms with Crippen molar-refractivity contribution < 1.29 is 21.8 Å². The van der Waals surface area contributed by atoms with Gasteiger partial charge in [0.2, 0.25) is 0 Å². The molecule has 1 rings (SSSR count). The third-order valence-corrected chi connectivity index (χ3v) is 0.487. The van der Waals surface area contributed by atoms with Gasteiger partial charge in [0.1, 0.15) is 6.61 Å². The monoisotopic (exact) mass is 134 g/mol. The first-order valence-corrected chi connectivity index (χ1v) is 1.60. The maximum Gasteiger partial charge on any atom is 0.169 e. The molecule has 0 aromatic carbocycles. The van der Waals surface area contributed by atoms with Gasteiger partial charge in [0.15, 0.2) is 6.40 Å². The molecule has 0 aliphatic carbocycles. The molecule has 1 heterocycles. The van der Waals surface area contributed by atoms with Crippen molar-refractivity contribution in [3.63, 3.8) is 0 Å². The quantitative estimate of drug-likeness (QED) is 0.429. The minimum absolute atomic E-state index is 0. The van der Waals surface area contributed by atoms with Gasteiger partial charge in [0, 0.05) is 17.1 Å². The fourth-order valence-corrected chi connectivity index (χ4v) is 0.264. The van der Waals surface area contributed by atoms with Crippen LogP contribution >= 0.6 is 0 Å². The van der Waals surface area contributed by atoms with E-state index in [-0.39, 0.29) is 17.1 Å². The smallest absolute Gasteiger partial charge is 0.169 e. The van der Waals surface area contributed by atoms with Crippen molar-refractivity contribution >= 4 is 6.40 Å². The van der Waals surface area contributed by atoms with Crippen molar-refractivity contribution in [2.75, 3.05) is 13.2 Å². The molecule has 2 nitrogen and oxygen atoms in total. The molecule has 0 N–H and O–H groups in total. The number of hydrogen-bond donors (Lipinski definition) is 0. The van der Waals surface area contributed by atoms with Crippen LogP contribution in [0.25, 0.3) is 0 Å². The summed E-state index contributed by atoms with van der Waals surface area (Å²) < 4.78 is 4.65. The van der Waals surface area contributed by atoms with Crippen LogP contribution in [0.2, 0.25) is 0 Å². The van der Waals surface area contributed by atoms with Crippen LogP contribution in [0.4, 0.5) is 0 Å². The Bertz CT molecular complexity index is 48.8. The van der Waals surface area contributed by atoms with Crippen LogP contribution in [0, 0.1) is 0 Å². The molecule has 1 aliphatic rings. The van der Waals surface area contributed by atoms with Crippen molar-refractivity contribution in [2.45, 2.75) is 0 Å². The summed E-state index contributed by atoms with van der Waals surface area (Å²) >= 11 is 0. The molecule has 0 aromatic rings. The zero-order chi connectivity index (χ0) is 3.54. The Morgan fingerprint density at radius 3 is 2.67 bits per heavy atom. The minimum Gasteiger partial charge on any atom is -0.482 e. The first kappa shape index (κ1) is 5.99. The molecule has 1 radical (unpaired) electrons. The molecule has 1 aliphatic heterocycles. The van der Waals surface area contributed by atoms with Gasteiger partial charge < -0.3 is 4.74 Å². The van der Waals surface area contributed by atoms with Crippen LogP contribution in [0.15, 0.2) is 4.99 Å². The predicted octanol–water partition coefficient (Wildman–Crippen LogP) is 0.0424. The molecule has 6 heavy (non-hydrogen) atoms. The van der Waals surface area contributed by atoms with Crippen molar-refractivity contribution in [3.05, 3.63) is 0 Å². The Labute approximate surface area is 47.1 Å². The van der Waals surface area contributed by atoms with Gasteiger partial charge in [-0.1, -0.05) is 0 Å². The van der Waals surface area contributed by atoms with E-state index in [9.17, 15) is 0 Å². The van der Waals surface area contributed by atoms with Gasteiger partial charge in [0.25, 0.3) is 0 Å². The van der Waals surface area contributed by atoms with E-state index in [1.165, 1.54) is 6.40 Å². The second kappa shape index (κ2) is 3.19. The fourth-order valence-electron chi connectivity index (χ4n) is 0.264. The van der Waals surface area contributed by atoms with Crippen LogP contribution in [0.3, 0.4) is 0 Å². The van der Waals surface area contributed by atoms with Gasteiger partial charge in [-0.2, -0.15) is 0 Å². The second-order valence-electron chi connectivity index (χ2n) is 0.882. The van der Waals surface area contributed by atoms with Crippen molar-refractivity contribution in [1.82, 2.24) is 0 Å². The van der Waals surface area contributed by atoms with E-state index in [1.54, 1.807) is 0 Å². The molecule has 0 bridgehead atoms. The first-order valence-electron chi connectivity index (χ1n) is 1.60. The van der Waals surface area contributed by atoms with Crippen LogP contribution in [0.5, 0.6) is 0 Å². The van der Waals surface area contributed by atoms with Crippen LogP contribution in [0.1, 0.15) is 0 Å². The van der Waals surface area contributed by atoms with E-state index < -0.39 is 0 Å². The van der Waals surface area contributed by atoms with Gasteiger partial charge in [-0.25, -0.2) is 0 Å². The topological polar surface area (TPSA) is 21.6 Å². The summed E-state index contributed by atoms with van der Waals surface area (Å²) in [5.41, 5.74) is 0. The van der Waals surface area contributed by atoms with Crippen LogP contribution < -0.4 is 0 Å². The minimum atomic E-state index is 0. The maximum absolute atomic E-state index is 4.65. The summed E-state index contributed by atoms with van der Waals surface area (Å²) in [5, 5.41) is 0. The van der Waals surface area contributed by atoms with Crippen molar-refractivity contribution in [3.8, 4) is 0 Å². The summed E-state index contributed by atoms with van der Waals surface area (Å²) in [6.07, 6.45) is 1.49. The third-order valence-electron chi connectivity index (χ3n) is 0.487. The van der Waals surface area contributed by atoms with Crippen LogP contribution in [-0.2, 0) is 21.8 Å². The summed E-state index contributed by atoms with van der Waals surface area (Å²) in [6, 6.07) is 0. The fraction of sp³-hybridized carbons (Fsp3) is 0.667. The number of nitrogens with zero attached hydrogens (tertiary/aromatic N) is 1. The Kier molecular flexibility index (Phi) is 3.18. The Morgan fingerprint density at radius 2 is 2.50 bits per heavy atom. The SMILES string of the molecule is C1=NCCO1.[Cu]. The molecule has 0 atom stereocenters. The average Bonchev–Trinajstić information content (AvgIpc) is 1.76. The van der Waals surface area contributed by atoms with E-state index in [4.69, 9.17) is 0 Å². The number of ether oxygens (including phenoxy) is 1. The molecule has 39 valence electrons. The standard InChI is InChI=1S/C3H5NO.Cu/c1-2-5-3-4-1;/h3H,1-2H2;.